The van der Waals surface area contributed by atoms with E-state index in [-0.39, 0.29) is 18.0 Å². The number of hydrogen-bond acceptors (Lipinski definition) is 6. The number of hydrogen-bond donors (Lipinski definition) is 3. The minimum absolute atomic E-state index is 0.136. The molecule has 2 atom stereocenters. The lowest BCUT2D eigenvalue weighted by Gasteiger charge is -2.16. The lowest BCUT2D eigenvalue weighted by Crippen LogP contribution is -2.32. The van der Waals surface area contributed by atoms with E-state index >= 15 is 0 Å². The second kappa shape index (κ2) is 7.52. The molecule has 25 heavy (non-hydrogen) atoms. The lowest BCUT2D eigenvalue weighted by atomic mass is 10.2. The van der Waals surface area contributed by atoms with Crippen molar-refractivity contribution in [2.24, 2.45) is 7.05 Å². The van der Waals surface area contributed by atoms with Gasteiger partial charge >= 0.3 is 0 Å². The number of nitrogens with one attached hydrogen (secondary N) is 3. The molecule has 9 heteroatoms. The van der Waals surface area contributed by atoms with E-state index in [9.17, 15) is 4.79 Å². The van der Waals surface area contributed by atoms with Gasteiger partial charge in [-0.2, -0.15) is 10.1 Å². The van der Waals surface area contributed by atoms with E-state index in [0.29, 0.717) is 16.8 Å². The highest BCUT2D eigenvalue weighted by Gasteiger charge is 2.26. The Morgan fingerprint density at radius 2 is 2.20 bits per heavy atom. The van der Waals surface area contributed by atoms with E-state index in [1.54, 1.807) is 17.1 Å². The fraction of sp³-hybridized carbons (Fsp3) is 0.375. The van der Waals surface area contributed by atoms with E-state index in [4.69, 9.17) is 11.6 Å². The van der Waals surface area contributed by atoms with Gasteiger partial charge in [0.05, 0.1) is 18.1 Å². The number of aryl methyl sites for hydroxylation is 1. The molecule has 1 amide bonds. The Labute approximate surface area is 150 Å². The summed E-state index contributed by atoms with van der Waals surface area (Å²) in [5, 5.41) is 13.9. The van der Waals surface area contributed by atoms with Crippen LogP contribution in [-0.4, -0.2) is 37.7 Å². The van der Waals surface area contributed by atoms with Crippen LogP contribution in [0.2, 0.25) is 5.02 Å². The van der Waals surface area contributed by atoms with Crippen LogP contribution in [0.5, 0.6) is 0 Å². The van der Waals surface area contributed by atoms with Gasteiger partial charge in [-0.05, 0) is 25.3 Å². The first-order valence-electron chi connectivity index (χ1n) is 8.01. The average Bonchev–Trinajstić information content (AvgIpc) is 3.19. The molecule has 2 heterocycles. The van der Waals surface area contributed by atoms with Crippen molar-refractivity contribution in [3.8, 4) is 0 Å². The number of carbonyl (C=O) groups is 1. The highest BCUT2D eigenvalue weighted by molar-refractivity contribution is 6.32. The molecule has 2 unspecified atom stereocenters. The van der Waals surface area contributed by atoms with Crippen molar-refractivity contribution < 1.29 is 4.79 Å². The number of rotatable bonds is 6. The van der Waals surface area contributed by atoms with Crippen LogP contribution in [0, 0.1) is 0 Å². The molecule has 0 spiro atoms. The second-order valence-electron chi connectivity index (χ2n) is 5.98. The highest BCUT2D eigenvalue weighted by Crippen LogP contribution is 2.27. The number of aromatic nitrogens is 4. The van der Waals surface area contributed by atoms with Crippen molar-refractivity contribution in [2.75, 3.05) is 10.6 Å². The van der Waals surface area contributed by atoms with Crippen LogP contribution in [-0.2, 0) is 11.8 Å². The summed E-state index contributed by atoms with van der Waals surface area (Å²) in [5.41, 5.74) is 0.795. The standard InChI is InChI=1S/C16H20ClN7O/c1-3-14(25)20-10-4-5-11(6-10)21-15-13(17)8-18-16(23-15)22-12-7-19-24(2)9-12/h3,7-11H,1,4-6H2,2H3,(H,20,25)(H2,18,21,22,23). The second-order valence-corrected chi connectivity index (χ2v) is 6.39. The molecule has 1 aliphatic rings. The summed E-state index contributed by atoms with van der Waals surface area (Å²) in [6, 6.07) is 0.324. The van der Waals surface area contributed by atoms with Crippen LogP contribution in [0.1, 0.15) is 19.3 Å². The summed E-state index contributed by atoms with van der Waals surface area (Å²) in [6.45, 7) is 3.47. The van der Waals surface area contributed by atoms with Crippen molar-refractivity contribution in [3.05, 3.63) is 36.3 Å². The molecule has 0 bridgehead atoms. The van der Waals surface area contributed by atoms with Crippen LogP contribution in [0.25, 0.3) is 0 Å². The quantitative estimate of drug-likeness (QED) is 0.683. The molecule has 0 radical (unpaired) electrons. The van der Waals surface area contributed by atoms with E-state index in [2.05, 4.69) is 37.6 Å². The molecule has 3 rings (SSSR count). The van der Waals surface area contributed by atoms with E-state index in [0.717, 1.165) is 24.9 Å². The summed E-state index contributed by atoms with van der Waals surface area (Å²) < 4.78 is 1.69. The first-order chi connectivity index (χ1) is 12.0. The molecule has 2 aromatic rings. The Morgan fingerprint density at radius 1 is 1.40 bits per heavy atom. The predicted molar refractivity (Wildman–Crippen MR) is 96.9 cm³/mol. The molecule has 132 valence electrons. The van der Waals surface area contributed by atoms with Crippen LogP contribution in [0.3, 0.4) is 0 Å². The molecule has 0 saturated heterocycles. The maximum atomic E-state index is 11.4. The van der Waals surface area contributed by atoms with E-state index in [1.807, 2.05) is 13.2 Å². The van der Waals surface area contributed by atoms with Gasteiger partial charge in [-0.15, -0.1) is 0 Å². The zero-order valence-corrected chi connectivity index (χ0v) is 14.6. The molecule has 1 saturated carbocycles. The first-order valence-corrected chi connectivity index (χ1v) is 8.39. The van der Waals surface area contributed by atoms with Crippen LogP contribution in [0.15, 0.2) is 31.2 Å². The zero-order chi connectivity index (χ0) is 17.8. The van der Waals surface area contributed by atoms with Gasteiger partial charge in [0.25, 0.3) is 0 Å². The Bertz CT molecular complexity index is 776. The summed E-state index contributed by atoms with van der Waals surface area (Å²) in [5.74, 6) is 0.867. The normalized spacial score (nSPS) is 19.4. The minimum Gasteiger partial charge on any atom is -0.366 e. The van der Waals surface area contributed by atoms with Crippen molar-refractivity contribution in [2.45, 2.75) is 31.3 Å². The van der Waals surface area contributed by atoms with Crippen LogP contribution in [0.4, 0.5) is 17.5 Å². The predicted octanol–water partition coefficient (Wildman–Crippen LogP) is 2.24. The van der Waals surface area contributed by atoms with Gasteiger partial charge in [0.15, 0.2) is 5.82 Å². The smallest absolute Gasteiger partial charge is 0.243 e. The molecular weight excluding hydrogens is 342 g/mol. The Kier molecular flexibility index (Phi) is 5.18. The molecule has 1 fully saturated rings. The van der Waals surface area contributed by atoms with E-state index in [1.165, 1.54) is 6.08 Å². The first kappa shape index (κ1) is 17.2. The highest BCUT2D eigenvalue weighted by atomic mass is 35.5. The molecule has 0 aliphatic heterocycles. The third kappa shape index (κ3) is 4.48. The Morgan fingerprint density at radius 3 is 2.92 bits per heavy atom. The largest absolute Gasteiger partial charge is 0.366 e. The Balaban J connectivity index is 1.63. The minimum atomic E-state index is -0.145. The SMILES string of the molecule is C=CC(=O)NC1CCC(Nc2nc(Nc3cnn(C)c3)ncc2Cl)C1. The topological polar surface area (TPSA) is 96.8 Å². The molecule has 1 aliphatic carbocycles. The van der Waals surface area contributed by atoms with Crippen LogP contribution < -0.4 is 16.0 Å². The third-order valence-corrected chi connectivity index (χ3v) is 4.29. The average molecular weight is 362 g/mol. The maximum Gasteiger partial charge on any atom is 0.243 e. The number of carbonyl (C=O) groups excluding carboxylic acids is 1. The molecule has 8 nitrogen and oxygen atoms in total. The van der Waals surface area contributed by atoms with Gasteiger partial charge in [-0.25, -0.2) is 4.98 Å². The number of nitrogens with zero attached hydrogens (tertiary/aromatic N) is 4. The summed E-state index contributed by atoms with van der Waals surface area (Å²) >= 11 is 6.21. The van der Waals surface area contributed by atoms with Gasteiger partial charge in [0.2, 0.25) is 11.9 Å². The number of halogens is 1. The lowest BCUT2D eigenvalue weighted by molar-refractivity contribution is -0.117. The summed E-state index contributed by atoms with van der Waals surface area (Å²) in [6.07, 6.45) is 9.00. The maximum absolute atomic E-state index is 11.4. The van der Waals surface area contributed by atoms with Gasteiger partial charge in [-0.1, -0.05) is 18.2 Å². The van der Waals surface area contributed by atoms with Crippen LogP contribution >= 0.6 is 11.6 Å². The Hall–Kier alpha value is -2.61. The van der Waals surface area contributed by atoms with Crippen molar-refractivity contribution in [3.63, 3.8) is 0 Å². The summed E-state index contributed by atoms with van der Waals surface area (Å²) in [7, 11) is 1.84. The molecule has 2 aromatic heterocycles. The monoisotopic (exact) mass is 361 g/mol. The van der Waals surface area contributed by atoms with Gasteiger partial charge in [0, 0.05) is 25.3 Å². The summed E-state index contributed by atoms with van der Waals surface area (Å²) in [4.78, 5) is 20.0. The fourth-order valence-corrected chi connectivity index (χ4v) is 2.99. The van der Waals surface area contributed by atoms with Gasteiger partial charge in [-0.3, -0.25) is 9.48 Å². The number of amides is 1. The van der Waals surface area contributed by atoms with Gasteiger partial charge in [0.1, 0.15) is 5.02 Å². The number of anilines is 3. The molecule has 3 N–H and O–H groups in total. The van der Waals surface area contributed by atoms with Crippen molar-refractivity contribution >= 4 is 35.0 Å². The molecular formula is C16H20ClN7O. The van der Waals surface area contributed by atoms with Crippen molar-refractivity contribution in [1.29, 1.82) is 0 Å². The van der Waals surface area contributed by atoms with E-state index < -0.39 is 0 Å². The van der Waals surface area contributed by atoms with Gasteiger partial charge < -0.3 is 16.0 Å². The zero-order valence-electron chi connectivity index (χ0n) is 13.9. The third-order valence-electron chi connectivity index (χ3n) is 4.01. The van der Waals surface area contributed by atoms with Crippen molar-refractivity contribution in [1.82, 2.24) is 25.1 Å². The fourth-order valence-electron chi connectivity index (χ4n) is 2.84. The molecule has 0 aromatic carbocycles.